The third-order valence-electron chi connectivity index (χ3n) is 17.6. The van der Waals surface area contributed by atoms with Gasteiger partial charge in [-0.15, -0.1) is 0 Å². The molecule has 0 saturated heterocycles. The Labute approximate surface area is 420 Å². The van der Waals surface area contributed by atoms with E-state index < -0.39 is 0 Å². The first kappa shape index (κ1) is 38.1. The first-order valence-corrected chi connectivity index (χ1v) is 25.7. The van der Waals surface area contributed by atoms with Gasteiger partial charge in [0.2, 0.25) is 0 Å². The van der Waals surface area contributed by atoms with Crippen molar-refractivity contribution >= 4 is 142 Å². The number of nitrogens with zero attached hydrogens (tertiary/aromatic N) is 3. The molecule has 0 unspecified atom stereocenters. The summed E-state index contributed by atoms with van der Waals surface area (Å²) in [4.78, 5) is 0. The molecule has 0 aliphatic heterocycles. The fraction of sp³-hybridized carbons (Fsp3) is 0.0435. The van der Waals surface area contributed by atoms with Crippen molar-refractivity contribution in [3.63, 3.8) is 0 Å². The molecule has 19 rings (SSSR count). The number of rotatable bonds is 2. The van der Waals surface area contributed by atoms with Gasteiger partial charge < -0.3 is 22.2 Å². The van der Waals surface area contributed by atoms with Crippen LogP contribution in [-0.2, 0) is 5.41 Å². The summed E-state index contributed by atoms with van der Waals surface area (Å²) >= 11 is 0. The monoisotopic (exact) mass is 941 g/mol. The highest BCUT2D eigenvalue weighted by Crippen LogP contribution is 2.53. The van der Waals surface area contributed by atoms with Crippen LogP contribution in [0, 0.1) is 0 Å². The predicted octanol–water partition coefficient (Wildman–Crippen LogP) is 18.9. The van der Waals surface area contributed by atoms with Gasteiger partial charge >= 0.3 is 0 Å². The van der Waals surface area contributed by atoms with E-state index in [0.717, 1.165) is 49.6 Å². The number of fused-ring (bicyclic) bond motifs is 24. The van der Waals surface area contributed by atoms with Gasteiger partial charge in [-0.05, 0) is 124 Å². The average Bonchev–Trinajstić information content (AvgIpc) is 4.42. The fourth-order valence-corrected chi connectivity index (χ4v) is 14.4. The predicted molar refractivity (Wildman–Crippen MR) is 308 cm³/mol. The third-order valence-corrected chi connectivity index (χ3v) is 17.6. The summed E-state index contributed by atoms with van der Waals surface area (Å²) in [6, 6.07) is 74.8. The average molecular weight is 942 g/mol. The Morgan fingerprint density at radius 1 is 0.297 bits per heavy atom. The standard InChI is InChI=1S/C69H39N3O2/c1-69(2)55-21-7-3-15-39(55)45-30-58-48(29-56(45)69)53-26-37(27-54-50-34-66-52(32-60(50)71(58)68(53)54)42-18-6-10-24-64(42)74-66)36-13-11-14-38(25-36)70-57-22-8-4-16-40(57)46-28-47-43-19-12-20-44-49-33-65-51(41-17-5-9-23-63(41)73-65)31-59(49)72(67(43)44)62(47)35-61(46)70/h3-35H,1-2H3. The quantitative estimate of drug-likeness (QED) is 0.173. The van der Waals surface area contributed by atoms with Crippen molar-refractivity contribution in [2.75, 3.05) is 0 Å². The Morgan fingerprint density at radius 2 is 0.838 bits per heavy atom. The topological polar surface area (TPSA) is 40.0 Å². The molecule has 18 aromatic rings. The molecule has 0 radical (unpaired) electrons. The van der Waals surface area contributed by atoms with Gasteiger partial charge in [-0.25, -0.2) is 0 Å². The summed E-state index contributed by atoms with van der Waals surface area (Å²) in [5.41, 5.74) is 22.1. The molecule has 0 saturated carbocycles. The number of hydrogen-bond acceptors (Lipinski definition) is 2. The summed E-state index contributed by atoms with van der Waals surface area (Å²) < 4.78 is 20.6. The summed E-state index contributed by atoms with van der Waals surface area (Å²) in [5, 5.41) is 17.0. The van der Waals surface area contributed by atoms with E-state index >= 15 is 0 Å². The molecule has 0 bridgehead atoms. The van der Waals surface area contributed by atoms with E-state index in [2.05, 4.69) is 221 Å². The van der Waals surface area contributed by atoms with Crippen molar-refractivity contribution in [1.82, 2.24) is 13.4 Å². The summed E-state index contributed by atoms with van der Waals surface area (Å²) in [5.74, 6) is 0. The number of hydrogen-bond donors (Lipinski definition) is 0. The molecule has 0 N–H and O–H groups in total. The lowest BCUT2D eigenvalue weighted by molar-refractivity contribution is 0.661. The summed E-state index contributed by atoms with van der Waals surface area (Å²) in [6.45, 7) is 4.77. The molecule has 5 nitrogen and oxygen atoms in total. The van der Waals surface area contributed by atoms with Gasteiger partial charge in [0.1, 0.15) is 22.3 Å². The van der Waals surface area contributed by atoms with E-state index in [0.29, 0.717) is 0 Å². The van der Waals surface area contributed by atoms with Gasteiger partial charge in [-0.3, -0.25) is 0 Å². The SMILES string of the molecule is CC1(C)c2ccccc2-c2cc3c(cc21)c1cc(-c2cccc(-n4c5ccccc5c5cc6c7cccc8c9cc%10oc%11ccccc%11c%10cc9n(c6cc54)c87)c2)cc2c4cc5oc6ccccc6c5cc4n3c12. The highest BCUT2D eigenvalue weighted by atomic mass is 16.3. The van der Waals surface area contributed by atoms with Crippen LogP contribution in [0.4, 0.5) is 0 Å². The van der Waals surface area contributed by atoms with Crippen LogP contribution >= 0.6 is 0 Å². The molecule has 7 aromatic heterocycles. The smallest absolute Gasteiger partial charge is 0.136 e. The van der Waals surface area contributed by atoms with Crippen LogP contribution in [0.25, 0.3) is 170 Å². The molecule has 0 fully saturated rings. The Bertz CT molecular complexity index is 5590. The van der Waals surface area contributed by atoms with Crippen LogP contribution < -0.4 is 0 Å². The van der Waals surface area contributed by atoms with Crippen LogP contribution in [0.15, 0.2) is 209 Å². The maximum atomic E-state index is 6.59. The normalized spacial score (nSPS) is 13.9. The molecule has 0 atom stereocenters. The van der Waals surface area contributed by atoms with Crippen molar-refractivity contribution in [1.29, 1.82) is 0 Å². The molecule has 74 heavy (non-hydrogen) atoms. The largest absolute Gasteiger partial charge is 0.456 e. The van der Waals surface area contributed by atoms with Crippen molar-refractivity contribution < 1.29 is 8.83 Å². The van der Waals surface area contributed by atoms with Gasteiger partial charge in [0.05, 0.1) is 44.1 Å². The van der Waals surface area contributed by atoms with Crippen LogP contribution in [0.2, 0.25) is 0 Å². The lowest BCUT2D eigenvalue weighted by Crippen LogP contribution is -2.14. The fourth-order valence-electron chi connectivity index (χ4n) is 14.4. The number of para-hydroxylation sites is 4. The van der Waals surface area contributed by atoms with E-state index in [-0.39, 0.29) is 5.41 Å². The van der Waals surface area contributed by atoms with E-state index in [1.54, 1.807) is 0 Å². The van der Waals surface area contributed by atoms with Crippen LogP contribution in [0.5, 0.6) is 0 Å². The second-order valence-electron chi connectivity index (χ2n) is 21.6. The number of benzene rings is 11. The molecule has 11 aromatic carbocycles. The van der Waals surface area contributed by atoms with Gasteiger partial charge in [0.15, 0.2) is 0 Å². The minimum absolute atomic E-state index is 0.125. The van der Waals surface area contributed by atoms with Gasteiger partial charge in [-0.2, -0.15) is 0 Å². The Kier molecular flexibility index (Phi) is 6.55. The zero-order valence-corrected chi connectivity index (χ0v) is 40.2. The molecule has 1 aliphatic rings. The van der Waals surface area contributed by atoms with Crippen LogP contribution in [0.3, 0.4) is 0 Å². The Balaban J connectivity index is 0.875. The van der Waals surface area contributed by atoms with Gasteiger partial charge in [0.25, 0.3) is 0 Å². The van der Waals surface area contributed by atoms with E-state index in [4.69, 9.17) is 8.83 Å². The lowest BCUT2D eigenvalue weighted by atomic mass is 9.82. The molecule has 0 amide bonds. The molecule has 7 heterocycles. The first-order valence-electron chi connectivity index (χ1n) is 25.7. The van der Waals surface area contributed by atoms with Crippen molar-refractivity contribution in [2.24, 2.45) is 0 Å². The van der Waals surface area contributed by atoms with Gasteiger partial charge in [-0.1, -0.05) is 123 Å². The molecule has 0 spiro atoms. The second-order valence-corrected chi connectivity index (χ2v) is 21.6. The van der Waals surface area contributed by atoms with Crippen molar-refractivity contribution in [2.45, 2.75) is 19.3 Å². The summed E-state index contributed by atoms with van der Waals surface area (Å²) in [7, 11) is 0. The van der Waals surface area contributed by atoms with Crippen molar-refractivity contribution in [3.05, 3.63) is 211 Å². The maximum Gasteiger partial charge on any atom is 0.136 e. The lowest BCUT2D eigenvalue weighted by Gasteiger charge is -2.21. The molecule has 342 valence electrons. The van der Waals surface area contributed by atoms with E-state index in [1.165, 1.54) is 131 Å². The van der Waals surface area contributed by atoms with Crippen LogP contribution in [-0.4, -0.2) is 13.4 Å². The maximum absolute atomic E-state index is 6.59. The van der Waals surface area contributed by atoms with E-state index in [1.807, 2.05) is 6.07 Å². The minimum Gasteiger partial charge on any atom is -0.456 e. The minimum atomic E-state index is -0.125. The Hall–Kier alpha value is -9.58. The molecule has 1 aliphatic carbocycles. The number of aromatic nitrogens is 3. The van der Waals surface area contributed by atoms with Gasteiger partial charge in [0, 0.05) is 86.5 Å². The zero-order chi connectivity index (χ0) is 48.0. The van der Waals surface area contributed by atoms with Crippen molar-refractivity contribution in [3.8, 4) is 27.9 Å². The molecule has 5 heteroatoms. The Morgan fingerprint density at radius 3 is 1.57 bits per heavy atom. The zero-order valence-electron chi connectivity index (χ0n) is 40.2. The second kappa shape index (κ2) is 12.7. The molecular formula is C69H39N3O2. The summed E-state index contributed by atoms with van der Waals surface area (Å²) in [6.07, 6.45) is 0. The highest BCUT2D eigenvalue weighted by Gasteiger charge is 2.36. The van der Waals surface area contributed by atoms with Crippen LogP contribution in [0.1, 0.15) is 25.0 Å². The van der Waals surface area contributed by atoms with E-state index in [9.17, 15) is 0 Å². The molecular weight excluding hydrogens is 903 g/mol. The number of furan rings is 2. The third kappa shape index (κ3) is 4.44. The highest BCUT2D eigenvalue weighted by molar-refractivity contribution is 6.29. The first-order chi connectivity index (χ1) is 36.4.